The molecule has 0 aliphatic carbocycles. The van der Waals surface area contributed by atoms with Crippen LogP contribution < -0.4 is 5.73 Å². The van der Waals surface area contributed by atoms with Crippen LogP contribution in [0.2, 0.25) is 0 Å². The van der Waals surface area contributed by atoms with E-state index in [9.17, 15) is 0 Å². The summed E-state index contributed by atoms with van der Waals surface area (Å²) < 4.78 is 4.42. The highest BCUT2D eigenvalue weighted by molar-refractivity contribution is 9.10. The Balaban J connectivity index is 0.000000188. The number of aromatic nitrogens is 1. The van der Waals surface area contributed by atoms with Crippen LogP contribution in [0.5, 0.6) is 0 Å². The van der Waals surface area contributed by atoms with Gasteiger partial charge in [-0.3, -0.25) is 0 Å². The molecule has 0 aliphatic heterocycles. The van der Waals surface area contributed by atoms with Crippen molar-refractivity contribution in [2.24, 2.45) is 0 Å². The molecule has 1 aromatic heterocycles. The topological polar surface area (TPSA) is 30.9 Å². The van der Waals surface area contributed by atoms with Gasteiger partial charge in [0.05, 0.1) is 0 Å². The van der Waals surface area contributed by atoms with E-state index in [1.807, 2.05) is 24.3 Å². The molecule has 3 aromatic rings. The molecule has 0 fully saturated rings. The van der Waals surface area contributed by atoms with Crippen LogP contribution in [0, 0.1) is 13.8 Å². The molecule has 3 rings (SSSR count). The summed E-state index contributed by atoms with van der Waals surface area (Å²) in [5, 5.41) is 0. The Labute approximate surface area is 148 Å². The molecule has 2 N–H and O–H groups in total. The van der Waals surface area contributed by atoms with Crippen molar-refractivity contribution in [1.82, 2.24) is 4.57 Å². The molecule has 2 aromatic carbocycles. The monoisotopic (exact) mass is 420 g/mol. The zero-order chi connectivity index (χ0) is 16.1. The summed E-state index contributed by atoms with van der Waals surface area (Å²) in [5.41, 5.74) is 9.96. The standard InChI is InChI=1S/C12H12BrN.C6H6BrN/c1-9-3-4-10(2)14(9)12-7-5-11(13)6-8-12;7-5-1-3-6(8)4-2-5/h3-8H,1-2H3;1-4H,8H2. The summed E-state index contributed by atoms with van der Waals surface area (Å²) in [6.07, 6.45) is 0. The van der Waals surface area contributed by atoms with Gasteiger partial charge in [-0.15, -0.1) is 0 Å². The fourth-order valence-electron chi connectivity index (χ4n) is 2.13. The van der Waals surface area contributed by atoms with E-state index in [1.165, 1.54) is 17.1 Å². The zero-order valence-corrected chi connectivity index (χ0v) is 15.7. The Kier molecular flexibility index (Phi) is 5.86. The molecule has 0 bridgehead atoms. The van der Waals surface area contributed by atoms with Gasteiger partial charge in [0.2, 0.25) is 0 Å². The first-order valence-electron chi connectivity index (χ1n) is 6.89. The van der Waals surface area contributed by atoms with Gasteiger partial charge in [-0.25, -0.2) is 0 Å². The van der Waals surface area contributed by atoms with E-state index in [4.69, 9.17) is 5.73 Å². The van der Waals surface area contributed by atoms with Crippen molar-refractivity contribution in [2.75, 3.05) is 5.73 Å². The summed E-state index contributed by atoms with van der Waals surface area (Å²) in [7, 11) is 0. The molecule has 22 heavy (non-hydrogen) atoms. The maximum absolute atomic E-state index is 5.41. The second-order valence-electron chi connectivity index (χ2n) is 4.98. The van der Waals surface area contributed by atoms with Crippen LogP contribution in [0.25, 0.3) is 5.69 Å². The molecule has 2 nitrogen and oxygen atoms in total. The second kappa shape index (κ2) is 7.65. The van der Waals surface area contributed by atoms with E-state index in [0.717, 1.165) is 14.6 Å². The quantitative estimate of drug-likeness (QED) is 0.488. The molecule has 0 aliphatic rings. The fourth-order valence-corrected chi connectivity index (χ4v) is 2.66. The molecule has 0 saturated carbocycles. The van der Waals surface area contributed by atoms with E-state index >= 15 is 0 Å². The van der Waals surface area contributed by atoms with E-state index < -0.39 is 0 Å². The van der Waals surface area contributed by atoms with Crippen LogP contribution in [0.3, 0.4) is 0 Å². The first-order valence-corrected chi connectivity index (χ1v) is 8.48. The van der Waals surface area contributed by atoms with Crippen molar-refractivity contribution in [2.45, 2.75) is 13.8 Å². The summed E-state index contributed by atoms with van der Waals surface area (Å²) in [6.45, 7) is 4.24. The Morgan fingerprint density at radius 3 is 1.50 bits per heavy atom. The third-order valence-electron chi connectivity index (χ3n) is 3.23. The van der Waals surface area contributed by atoms with E-state index in [2.05, 4.69) is 86.7 Å². The van der Waals surface area contributed by atoms with E-state index in [1.54, 1.807) is 0 Å². The van der Waals surface area contributed by atoms with Crippen LogP contribution in [-0.4, -0.2) is 4.57 Å². The molecule has 1 heterocycles. The van der Waals surface area contributed by atoms with E-state index in [0.29, 0.717) is 0 Å². The molecule has 114 valence electrons. The van der Waals surface area contributed by atoms with Gasteiger partial charge in [0.15, 0.2) is 0 Å². The van der Waals surface area contributed by atoms with Crippen molar-refractivity contribution < 1.29 is 0 Å². The lowest BCUT2D eigenvalue weighted by Crippen LogP contribution is -1.97. The average molecular weight is 422 g/mol. The maximum Gasteiger partial charge on any atom is 0.0455 e. The van der Waals surface area contributed by atoms with Gasteiger partial charge < -0.3 is 10.3 Å². The molecular weight excluding hydrogens is 404 g/mol. The van der Waals surface area contributed by atoms with Gasteiger partial charge >= 0.3 is 0 Å². The number of nitrogens with zero attached hydrogens (tertiary/aromatic N) is 1. The van der Waals surface area contributed by atoms with Crippen molar-refractivity contribution >= 4 is 37.5 Å². The molecule has 0 spiro atoms. The molecule has 0 radical (unpaired) electrons. The summed E-state index contributed by atoms with van der Waals surface area (Å²) >= 11 is 6.73. The lowest BCUT2D eigenvalue weighted by atomic mass is 10.3. The SMILES string of the molecule is Cc1ccc(C)n1-c1ccc(Br)cc1.Nc1ccc(Br)cc1. The third-order valence-corrected chi connectivity index (χ3v) is 4.28. The largest absolute Gasteiger partial charge is 0.399 e. The number of benzene rings is 2. The normalized spacial score (nSPS) is 10.0. The van der Waals surface area contributed by atoms with Gasteiger partial charge in [0.25, 0.3) is 0 Å². The van der Waals surface area contributed by atoms with E-state index in [-0.39, 0.29) is 0 Å². The molecule has 0 atom stereocenters. The number of nitrogen functional groups attached to an aromatic ring is 1. The van der Waals surface area contributed by atoms with Crippen LogP contribution >= 0.6 is 31.9 Å². The zero-order valence-electron chi connectivity index (χ0n) is 12.6. The predicted molar refractivity (Wildman–Crippen MR) is 101 cm³/mol. The van der Waals surface area contributed by atoms with Gasteiger partial charge in [-0.1, -0.05) is 31.9 Å². The van der Waals surface area contributed by atoms with Crippen molar-refractivity contribution in [3.05, 3.63) is 81.0 Å². The fraction of sp³-hybridized carbons (Fsp3) is 0.111. The highest BCUT2D eigenvalue weighted by atomic mass is 79.9. The molecule has 0 amide bonds. The van der Waals surface area contributed by atoms with Crippen molar-refractivity contribution in [3.8, 4) is 5.69 Å². The van der Waals surface area contributed by atoms with Crippen molar-refractivity contribution in [3.63, 3.8) is 0 Å². The minimum absolute atomic E-state index is 0.799. The number of anilines is 1. The summed E-state index contributed by atoms with van der Waals surface area (Å²) in [5.74, 6) is 0. The van der Waals surface area contributed by atoms with Crippen LogP contribution in [-0.2, 0) is 0 Å². The Bertz CT molecular complexity index is 688. The molecular formula is C18H18Br2N2. The number of aryl methyl sites for hydroxylation is 2. The first-order chi connectivity index (χ1) is 10.5. The third kappa shape index (κ3) is 4.49. The Hall–Kier alpha value is -1.52. The number of nitrogens with two attached hydrogens (primary N) is 1. The minimum atomic E-state index is 0.799. The maximum atomic E-state index is 5.41. The lowest BCUT2D eigenvalue weighted by molar-refractivity contribution is 0.965. The number of hydrogen-bond acceptors (Lipinski definition) is 1. The van der Waals surface area contributed by atoms with Gasteiger partial charge in [-0.05, 0) is 74.5 Å². The minimum Gasteiger partial charge on any atom is -0.399 e. The molecule has 0 saturated heterocycles. The van der Waals surface area contributed by atoms with Crippen LogP contribution in [0.4, 0.5) is 5.69 Å². The van der Waals surface area contributed by atoms with Gasteiger partial charge in [-0.2, -0.15) is 0 Å². The smallest absolute Gasteiger partial charge is 0.0455 e. The second-order valence-corrected chi connectivity index (χ2v) is 6.81. The lowest BCUT2D eigenvalue weighted by Gasteiger charge is -2.08. The number of halogens is 2. The average Bonchev–Trinajstić information content (AvgIpc) is 2.83. The predicted octanol–water partition coefficient (Wildman–Crippen LogP) is 5.89. The van der Waals surface area contributed by atoms with Gasteiger partial charge in [0, 0.05) is 31.7 Å². The Morgan fingerprint density at radius 1 is 0.682 bits per heavy atom. The highest BCUT2D eigenvalue weighted by Gasteiger charge is 2.02. The van der Waals surface area contributed by atoms with Crippen molar-refractivity contribution in [1.29, 1.82) is 0 Å². The molecule has 4 heteroatoms. The van der Waals surface area contributed by atoms with Crippen LogP contribution in [0.15, 0.2) is 69.6 Å². The van der Waals surface area contributed by atoms with Gasteiger partial charge in [0.1, 0.15) is 0 Å². The number of rotatable bonds is 1. The highest BCUT2D eigenvalue weighted by Crippen LogP contribution is 2.18. The number of hydrogen-bond donors (Lipinski definition) is 1. The summed E-state index contributed by atoms with van der Waals surface area (Å²) in [4.78, 5) is 0. The Morgan fingerprint density at radius 2 is 1.09 bits per heavy atom. The first kappa shape index (κ1) is 16.8. The molecule has 0 unspecified atom stereocenters. The summed E-state index contributed by atoms with van der Waals surface area (Å²) in [6, 6.07) is 20.2. The van der Waals surface area contributed by atoms with Crippen LogP contribution in [0.1, 0.15) is 11.4 Å².